The van der Waals surface area contributed by atoms with E-state index in [1.165, 1.54) is 25.3 Å². The third kappa shape index (κ3) is 6.66. The van der Waals surface area contributed by atoms with E-state index in [4.69, 9.17) is 4.74 Å². The van der Waals surface area contributed by atoms with Crippen LogP contribution in [0.4, 0.5) is 18.9 Å². The molecule has 2 rings (SSSR count). The van der Waals surface area contributed by atoms with Crippen LogP contribution in [0.1, 0.15) is 15.9 Å². The number of nitrogens with zero attached hydrogens (tertiary/aromatic N) is 1. The maximum absolute atomic E-state index is 13.1. The minimum absolute atomic E-state index is 0.0249. The first-order chi connectivity index (χ1) is 14.3. The molecule has 0 aliphatic rings. The molecule has 0 bridgehead atoms. The number of ether oxygens (including phenoxy) is 1. The van der Waals surface area contributed by atoms with E-state index in [1.807, 2.05) is 0 Å². The van der Waals surface area contributed by atoms with Crippen molar-refractivity contribution in [3.05, 3.63) is 52.0 Å². The molecule has 0 aliphatic carbocycles. The Kier molecular flexibility index (Phi) is 8.09. The molecule has 7 nitrogen and oxygen atoms in total. The first kappa shape index (κ1) is 25.1. The van der Waals surface area contributed by atoms with Crippen LogP contribution in [0.5, 0.6) is 5.75 Å². The minimum Gasteiger partial charge on any atom is -0.495 e. The lowest BCUT2D eigenvalue weighted by molar-refractivity contribution is -0.138. The quantitative estimate of drug-likeness (QED) is 0.552. The smallest absolute Gasteiger partial charge is 0.417 e. The van der Waals surface area contributed by atoms with E-state index in [0.717, 1.165) is 18.2 Å². The number of methoxy groups -OCH3 is 1. The van der Waals surface area contributed by atoms with Gasteiger partial charge in [0, 0.05) is 28.8 Å². The number of carbonyl (C=O) groups excluding carboxylic acids is 1. The van der Waals surface area contributed by atoms with Crippen molar-refractivity contribution in [2.75, 3.05) is 39.6 Å². The molecule has 0 spiro atoms. The van der Waals surface area contributed by atoms with Gasteiger partial charge in [-0.1, -0.05) is 15.9 Å². The Morgan fingerprint density at radius 2 is 1.84 bits per heavy atom. The summed E-state index contributed by atoms with van der Waals surface area (Å²) in [6.45, 7) is 0.584. The Balaban J connectivity index is 2.31. The molecule has 0 heterocycles. The summed E-state index contributed by atoms with van der Waals surface area (Å²) >= 11 is 2.83. The fraction of sp³-hybridized carbons (Fsp3) is 0.316. The van der Waals surface area contributed by atoms with Gasteiger partial charge in [-0.25, -0.2) is 13.1 Å². The summed E-state index contributed by atoms with van der Waals surface area (Å²) in [4.78, 5) is 14.1. The van der Waals surface area contributed by atoms with E-state index in [9.17, 15) is 26.4 Å². The second-order valence-corrected chi connectivity index (χ2v) is 9.30. The number of anilines is 1. The Morgan fingerprint density at radius 1 is 1.16 bits per heavy atom. The van der Waals surface area contributed by atoms with Crippen LogP contribution < -0.4 is 14.8 Å². The van der Waals surface area contributed by atoms with Crippen LogP contribution in [0, 0.1) is 0 Å². The van der Waals surface area contributed by atoms with Crippen molar-refractivity contribution in [3.8, 4) is 5.75 Å². The average Bonchev–Trinajstić information content (AvgIpc) is 2.67. The van der Waals surface area contributed by atoms with Crippen molar-refractivity contribution in [1.29, 1.82) is 0 Å². The molecule has 31 heavy (non-hydrogen) atoms. The van der Waals surface area contributed by atoms with Crippen molar-refractivity contribution < 1.29 is 31.1 Å². The zero-order chi connectivity index (χ0) is 23.4. The Labute approximate surface area is 186 Å². The van der Waals surface area contributed by atoms with Gasteiger partial charge in [-0.15, -0.1) is 0 Å². The van der Waals surface area contributed by atoms with Crippen molar-refractivity contribution >= 4 is 37.5 Å². The average molecular weight is 524 g/mol. The molecule has 2 aromatic rings. The summed E-state index contributed by atoms with van der Waals surface area (Å²) in [5.41, 5.74) is -1.11. The summed E-state index contributed by atoms with van der Waals surface area (Å²) < 4.78 is 71.9. The largest absolute Gasteiger partial charge is 0.495 e. The normalized spacial score (nSPS) is 12.1. The van der Waals surface area contributed by atoms with E-state index in [1.54, 1.807) is 19.0 Å². The van der Waals surface area contributed by atoms with Gasteiger partial charge in [0.25, 0.3) is 5.91 Å². The van der Waals surface area contributed by atoms with Gasteiger partial charge in [-0.2, -0.15) is 13.2 Å². The van der Waals surface area contributed by atoms with Gasteiger partial charge in [0.1, 0.15) is 10.6 Å². The van der Waals surface area contributed by atoms with E-state index in [-0.39, 0.29) is 32.9 Å². The van der Waals surface area contributed by atoms with Crippen LogP contribution in [0.25, 0.3) is 0 Å². The number of sulfonamides is 1. The Hall–Kier alpha value is -2.15. The second-order valence-electron chi connectivity index (χ2n) is 6.71. The van der Waals surface area contributed by atoms with Gasteiger partial charge in [-0.3, -0.25) is 4.79 Å². The molecule has 170 valence electrons. The van der Waals surface area contributed by atoms with Gasteiger partial charge in [-0.05, 0) is 50.5 Å². The maximum Gasteiger partial charge on any atom is 0.417 e. The summed E-state index contributed by atoms with van der Waals surface area (Å²) in [7, 11) is 0.858. The van der Waals surface area contributed by atoms with Crippen molar-refractivity contribution in [2.24, 2.45) is 0 Å². The van der Waals surface area contributed by atoms with E-state index < -0.39 is 27.7 Å². The minimum atomic E-state index is -4.61. The first-order valence-electron chi connectivity index (χ1n) is 8.85. The molecule has 0 atom stereocenters. The number of halogens is 4. The van der Waals surface area contributed by atoms with Gasteiger partial charge in [0.2, 0.25) is 10.0 Å². The number of nitrogens with one attached hydrogen (secondary N) is 2. The van der Waals surface area contributed by atoms with Crippen LogP contribution in [0.3, 0.4) is 0 Å². The highest BCUT2D eigenvalue weighted by molar-refractivity contribution is 9.10. The zero-order valence-electron chi connectivity index (χ0n) is 16.9. The third-order valence-electron chi connectivity index (χ3n) is 4.10. The fourth-order valence-electron chi connectivity index (χ4n) is 2.53. The summed E-state index contributed by atoms with van der Waals surface area (Å²) in [5, 5.41) is 2.35. The highest BCUT2D eigenvalue weighted by atomic mass is 79.9. The lowest BCUT2D eigenvalue weighted by Crippen LogP contribution is -2.31. The number of carbonyl (C=O) groups is 1. The van der Waals surface area contributed by atoms with Gasteiger partial charge >= 0.3 is 6.18 Å². The molecule has 0 fully saturated rings. The van der Waals surface area contributed by atoms with Crippen LogP contribution in [-0.4, -0.2) is 53.5 Å². The molecule has 0 saturated carbocycles. The van der Waals surface area contributed by atoms with Crippen LogP contribution in [-0.2, 0) is 16.2 Å². The molecule has 0 aliphatic heterocycles. The SMILES string of the molecule is COc1ccc(C(=O)Nc2ccc(Br)c(C(F)(F)F)c2)cc1S(=O)(=O)NCCN(C)C. The molecule has 1 amide bonds. The van der Waals surface area contributed by atoms with Gasteiger partial charge in [0.05, 0.1) is 12.7 Å². The fourth-order valence-corrected chi connectivity index (χ4v) is 4.22. The van der Waals surface area contributed by atoms with E-state index in [0.29, 0.717) is 6.54 Å². The second kappa shape index (κ2) is 9.98. The molecule has 2 N–H and O–H groups in total. The number of hydrogen-bond acceptors (Lipinski definition) is 5. The van der Waals surface area contributed by atoms with Crippen molar-refractivity contribution in [1.82, 2.24) is 9.62 Å². The predicted octanol–water partition coefficient (Wildman–Crippen LogP) is 3.57. The molecular weight excluding hydrogens is 503 g/mol. The van der Waals surface area contributed by atoms with Crippen LogP contribution >= 0.6 is 15.9 Å². The lowest BCUT2D eigenvalue weighted by Gasteiger charge is -2.15. The van der Waals surface area contributed by atoms with E-state index in [2.05, 4.69) is 26.0 Å². The number of amides is 1. The molecule has 0 unspecified atom stereocenters. The molecule has 0 aromatic heterocycles. The van der Waals surface area contributed by atoms with Crippen LogP contribution in [0.15, 0.2) is 45.8 Å². The number of benzene rings is 2. The lowest BCUT2D eigenvalue weighted by atomic mass is 10.1. The summed E-state index contributed by atoms with van der Waals surface area (Å²) in [6, 6.07) is 6.97. The summed E-state index contributed by atoms with van der Waals surface area (Å²) in [5.74, 6) is -0.750. The monoisotopic (exact) mass is 523 g/mol. The molecular formula is C19H21BrF3N3O4S. The topological polar surface area (TPSA) is 87.7 Å². The molecule has 12 heteroatoms. The molecule has 0 radical (unpaired) electrons. The molecule has 0 saturated heterocycles. The highest BCUT2D eigenvalue weighted by Gasteiger charge is 2.33. The number of alkyl halides is 3. The van der Waals surface area contributed by atoms with Crippen LogP contribution in [0.2, 0.25) is 0 Å². The number of rotatable bonds is 8. The Morgan fingerprint density at radius 3 is 2.42 bits per heavy atom. The van der Waals surface area contributed by atoms with Crippen molar-refractivity contribution in [2.45, 2.75) is 11.1 Å². The molecule has 2 aromatic carbocycles. The van der Waals surface area contributed by atoms with Crippen molar-refractivity contribution in [3.63, 3.8) is 0 Å². The third-order valence-corrected chi connectivity index (χ3v) is 6.27. The highest BCUT2D eigenvalue weighted by Crippen LogP contribution is 2.36. The summed E-state index contributed by atoms with van der Waals surface area (Å²) in [6.07, 6.45) is -4.61. The Bertz CT molecular complexity index is 1060. The predicted molar refractivity (Wildman–Crippen MR) is 114 cm³/mol. The maximum atomic E-state index is 13.1. The first-order valence-corrected chi connectivity index (χ1v) is 11.1. The zero-order valence-corrected chi connectivity index (χ0v) is 19.3. The number of likely N-dealkylation sites (N-methyl/N-ethyl adjacent to an activating group) is 1. The van der Waals surface area contributed by atoms with E-state index >= 15 is 0 Å². The van der Waals surface area contributed by atoms with Gasteiger partial charge in [0.15, 0.2) is 0 Å². The van der Waals surface area contributed by atoms with Gasteiger partial charge < -0.3 is 15.0 Å². The number of hydrogen-bond donors (Lipinski definition) is 2. The standard InChI is InChI=1S/C19H21BrF3N3O4S/c1-26(2)9-8-24-31(28,29)17-10-12(4-7-16(17)30-3)18(27)25-13-5-6-15(20)14(11-13)19(21,22)23/h4-7,10-11,24H,8-9H2,1-3H3,(H,25,27).